The molecule has 0 fully saturated rings. The van der Waals surface area contributed by atoms with Crippen molar-refractivity contribution in [2.24, 2.45) is 5.92 Å². The Kier molecular flexibility index (Phi) is 26.3. The highest BCUT2D eigenvalue weighted by Gasteiger charge is 2.29. The van der Waals surface area contributed by atoms with E-state index >= 15 is 0 Å². The van der Waals surface area contributed by atoms with Crippen molar-refractivity contribution in [3.05, 3.63) is 54.1 Å². The van der Waals surface area contributed by atoms with Crippen LogP contribution in [0.2, 0.25) is 0 Å². The number of para-hydroxylation sites is 1. The summed E-state index contributed by atoms with van der Waals surface area (Å²) in [6.45, 7) is 7.53. The van der Waals surface area contributed by atoms with Crippen molar-refractivity contribution in [2.45, 2.75) is 110 Å². The van der Waals surface area contributed by atoms with Gasteiger partial charge in [-0.15, -0.1) is 17.7 Å². The van der Waals surface area contributed by atoms with Gasteiger partial charge in [-0.05, 0) is 56.0 Å². The second-order valence-corrected chi connectivity index (χ2v) is 19.9. The number of hydrogen-bond donors (Lipinski definition) is 4. The number of fused-ring (bicyclic) bond motifs is 5. The van der Waals surface area contributed by atoms with Crippen LogP contribution in [-0.4, -0.2) is 121 Å². The second-order valence-electron chi connectivity index (χ2n) is 16.4. The van der Waals surface area contributed by atoms with E-state index in [1.165, 1.54) is 0 Å². The van der Waals surface area contributed by atoms with Gasteiger partial charge in [-0.1, -0.05) is 80.8 Å². The lowest BCUT2D eigenvalue weighted by Crippen LogP contribution is -2.34. The number of Topliss-reactive ketones (excluding diaryl/α,β-unsaturated/α-hetero) is 1. The van der Waals surface area contributed by atoms with Gasteiger partial charge < -0.3 is 43.9 Å². The third kappa shape index (κ3) is 21.3. The van der Waals surface area contributed by atoms with Crippen molar-refractivity contribution in [1.82, 2.24) is 25.6 Å². The van der Waals surface area contributed by atoms with Gasteiger partial charge in [0.2, 0.25) is 17.7 Å². The van der Waals surface area contributed by atoms with Gasteiger partial charge in [0.1, 0.15) is 16.9 Å². The molecule has 1 aliphatic rings. The van der Waals surface area contributed by atoms with Crippen molar-refractivity contribution >= 4 is 60.3 Å². The van der Waals surface area contributed by atoms with Gasteiger partial charge in [0, 0.05) is 62.4 Å². The predicted octanol–water partition coefficient (Wildman–Crippen LogP) is 6.80. The number of aryl methyl sites for hydroxylation is 1. The van der Waals surface area contributed by atoms with E-state index in [4.69, 9.17) is 39.8 Å². The van der Waals surface area contributed by atoms with Crippen molar-refractivity contribution in [1.29, 1.82) is 0 Å². The number of thiol groups is 1. The Labute approximate surface area is 406 Å². The third-order valence-electron chi connectivity index (χ3n) is 10.7. The van der Waals surface area contributed by atoms with Crippen molar-refractivity contribution in [2.75, 3.05) is 77.5 Å². The van der Waals surface area contributed by atoms with Gasteiger partial charge >= 0.3 is 6.72 Å². The fraction of sp³-hybridized carbons (Fsp3) is 0.617. The molecular weight excluding hydrogens is 920 g/mol. The summed E-state index contributed by atoms with van der Waals surface area (Å²) in [7, 11) is 0. The molecule has 0 saturated carbocycles. The highest BCUT2D eigenvalue weighted by molar-refractivity contribution is 8.07. The number of ketones is 1. The smallest absolute Gasteiger partial charge is 0.325 e. The summed E-state index contributed by atoms with van der Waals surface area (Å²) in [5, 5.41) is 15.1. The van der Waals surface area contributed by atoms with Crippen LogP contribution in [-0.2, 0) is 72.1 Å². The van der Waals surface area contributed by atoms with Gasteiger partial charge in [0.15, 0.2) is 0 Å². The van der Waals surface area contributed by atoms with Gasteiger partial charge in [-0.3, -0.25) is 23.7 Å². The maximum Gasteiger partial charge on any atom is 0.325 e. The van der Waals surface area contributed by atoms with Crippen LogP contribution in [0.1, 0.15) is 97.0 Å². The average Bonchev–Trinajstić information content (AvgIpc) is 3.71. The molecule has 1 aromatic heterocycles. The third-order valence-corrected chi connectivity index (χ3v) is 12.6. The summed E-state index contributed by atoms with van der Waals surface area (Å²) in [6.07, 6.45) is 6.71. The van der Waals surface area contributed by atoms with Crippen LogP contribution < -0.4 is 15.5 Å². The molecule has 17 nitrogen and oxygen atoms in total. The molecule has 0 saturated heterocycles. The van der Waals surface area contributed by atoms with E-state index in [1.54, 1.807) is 11.8 Å². The van der Waals surface area contributed by atoms with Crippen molar-refractivity contribution < 1.29 is 52.1 Å². The van der Waals surface area contributed by atoms with Gasteiger partial charge in [0.05, 0.1) is 77.4 Å². The molecule has 2 unspecified atom stereocenters. The van der Waals surface area contributed by atoms with Crippen LogP contribution in [0.3, 0.4) is 0 Å². The van der Waals surface area contributed by atoms with E-state index in [1.807, 2.05) is 67.1 Å². The Balaban J connectivity index is 1.14. The normalized spacial score (nSPS) is 13.5. The molecule has 3 N–H and O–H groups in total. The number of carbonyl (C=O) groups is 4. The van der Waals surface area contributed by atoms with Crippen LogP contribution >= 0.6 is 19.3 Å². The number of hydrogen-bond acceptors (Lipinski definition) is 14. The lowest BCUT2D eigenvalue weighted by molar-refractivity contribution is -0.125. The van der Waals surface area contributed by atoms with Crippen molar-refractivity contribution in [3.63, 3.8) is 0 Å². The molecule has 20 heteroatoms. The fourth-order valence-electron chi connectivity index (χ4n) is 7.15. The summed E-state index contributed by atoms with van der Waals surface area (Å²) in [5.41, 5.74) is 4.43. The van der Waals surface area contributed by atoms with Gasteiger partial charge in [-0.25, -0.2) is 4.68 Å². The van der Waals surface area contributed by atoms with E-state index in [9.17, 15) is 24.1 Å². The molecule has 3 aromatic rings. The first-order valence-corrected chi connectivity index (χ1v) is 26.6. The van der Waals surface area contributed by atoms with E-state index < -0.39 is 12.2 Å². The predicted molar refractivity (Wildman–Crippen MR) is 264 cm³/mol. The molecule has 0 bridgehead atoms. The molecule has 67 heavy (non-hydrogen) atoms. The largest absolute Gasteiger partial charge is 0.379 e. The zero-order valence-corrected chi connectivity index (χ0v) is 42.0. The Morgan fingerprint density at radius 2 is 1.33 bits per heavy atom. The first kappa shape index (κ1) is 56.0. The highest BCUT2D eigenvalue weighted by atomic mass is 32.5. The van der Waals surface area contributed by atoms with E-state index in [2.05, 4.69) is 33.6 Å². The van der Waals surface area contributed by atoms with E-state index in [0.717, 1.165) is 67.3 Å². The molecule has 1 aliphatic heterocycles. The molecular formula is C47H71N6O11PS2. The van der Waals surface area contributed by atoms with E-state index in [-0.39, 0.29) is 42.3 Å². The lowest BCUT2D eigenvalue weighted by Gasteiger charge is -2.28. The summed E-state index contributed by atoms with van der Waals surface area (Å²) >= 11 is 9.01. The minimum absolute atomic E-state index is 0.0214. The zero-order valence-electron chi connectivity index (χ0n) is 39.4. The van der Waals surface area contributed by atoms with Gasteiger partial charge in [0.25, 0.3) is 0 Å². The Bertz CT molecular complexity index is 2020. The van der Waals surface area contributed by atoms with Gasteiger partial charge in [-0.2, -0.15) is 0 Å². The van der Waals surface area contributed by atoms with Crippen LogP contribution in [0.5, 0.6) is 0 Å². The number of ether oxygens (including phenoxy) is 4. The molecule has 2 heterocycles. The molecule has 3 amide bonds. The number of carbonyl (C=O) groups excluding carboxylic acids is 4. The number of aromatic nitrogens is 3. The highest BCUT2D eigenvalue weighted by Crippen LogP contribution is 2.45. The number of nitrogens with zero attached hydrogens (tertiary/aromatic N) is 4. The Hall–Kier alpha value is -3.62. The first-order chi connectivity index (χ1) is 32.4. The van der Waals surface area contributed by atoms with Crippen LogP contribution in [0.25, 0.3) is 22.5 Å². The summed E-state index contributed by atoms with van der Waals surface area (Å²) in [5.74, 6) is -0.165. The molecule has 0 radical (unpaired) electrons. The van der Waals surface area contributed by atoms with Crippen LogP contribution in [0.15, 0.2) is 48.5 Å². The maximum atomic E-state index is 13.9. The Morgan fingerprint density at radius 1 is 0.716 bits per heavy atom. The summed E-state index contributed by atoms with van der Waals surface area (Å²) in [4.78, 5) is 62.5. The molecule has 4 rings (SSSR count). The topological polar surface area (TPSA) is 202 Å². The minimum Gasteiger partial charge on any atom is -0.379 e. The number of nitrogens with one attached hydrogen (secondary N) is 2. The zero-order chi connectivity index (χ0) is 48.3. The average molecular weight is 991 g/mol. The lowest BCUT2D eigenvalue weighted by atomic mass is 9.95. The molecule has 372 valence electrons. The number of amides is 3. The SMILES string of the molecule is CC(S)OP(O)(=S)OCCCCCCNC(=O)CCCCCn1nnc2c1-c1ccccc1CN(C(=O)CCC(=O)NCCOCCOCCOCCOCCC(=O)C(C)C)c1ccccc1-2. The molecule has 2 aromatic carbocycles. The quantitative estimate of drug-likeness (QED) is 0.0208. The number of unbranched alkanes of at least 4 members (excludes halogenated alkanes) is 5. The molecule has 2 atom stereocenters. The number of benzene rings is 2. The Morgan fingerprint density at radius 3 is 2.04 bits per heavy atom. The standard InChI is InChI=1S/C47H71N6O11PS2/c1-36(2)42(54)22-27-59-29-31-61-33-34-62-32-30-60-28-24-49-44(56)20-21-45(57)52-35-38-15-8-9-16-39(38)47-46(40-17-10-11-18-41(40)52)50-51-53(47)25-13-6-7-19-43(55)48-23-12-4-5-14-26-63-65(58,67)64-37(3)66/h8-11,15-18,36-37,66H,4-7,12-14,19-35H2,1-3H3,(H,48,55)(H,49,56)(H,58,67). The number of rotatable bonds is 35. The van der Waals surface area contributed by atoms with E-state index in [0.29, 0.717) is 110 Å². The molecule has 0 aliphatic carbocycles. The first-order valence-electron chi connectivity index (χ1n) is 23.5. The number of anilines is 1. The molecule has 0 spiro atoms. The minimum atomic E-state index is -3.25. The maximum absolute atomic E-state index is 13.9. The van der Waals surface area contributed by atoms with Crippen LogP contribution in [0, 0.1) is 5.92 Å². The summed E-state index contributed by atoms with van der Waals surface area (Å²) in [6, 6.07) is 15.6. The summed E-state index contributed by atoms with van der Waals surface area (Å²) < 4.78 is 34.3. The monoisotopic (exact) mass is 990 g/mol. The van der Waals surface area contributed by atoms with Crippen LogP contribution in [0.4, 0.5) is 5.69 Å². The second kappa shape index (κ2) is 31.5. The van der Waals surface area contributed by atoms with Crippen molar-refractivity contribution in [3.8, 4) is 22.5 Å². The fourth-order valence-corrected chi connectivity index (χ4v) is 9.14.